The van der Waals surface area contributed by atoms with Crippen LogP contribution in [0.5, 0.6) is 0 Å². The van der Waals surface area contributed by atoms with E-state index in [2.05, 4.69) is 0 Å². The SMILES string of the molecule is COC(=O)C(C)(SC)c1cccc(C2(c3ccccc3)OCCO2)c1. The van der Waals surface area contributed by atoms with E-state index < -0.39 is 10.5 Å². The van der Waals surface area contributed by atoms with Crippen molar-refractivity contribution in [3.63, 3.8) is 0 Å². The maximum absolute atomic E-state index is 12.3. The minimum Gasteiger partial charge on any atom is -0.468 e. The van der Waals surface area contributed by atoms with Gasteiger partial charge in [0, 0.05) is 11.1 Å². The van der Waals surface area contributed by atoms with Gasteiger partial charge in [-0.15, -0.1) is 11.8 Å². The van der Waals surface area contributed by atoms with Gasteiger partial charge >= 0.3 is 5.97 Å². The quantitative estimate of drug-likeness (QED) is 0.763. The average Bonchev–Trinajstić information content (AvgIpc) is 3.18. The van der Waals surface area contributed by atoms with Gasteiger partial charge in [0.2, 0.25) is 5.79 Å². The van der Waals surface area contributed by atoms with Crippen LogP contribution in [0.2, 0.25) is 0 Å². The van der Waals surface area contributed by atoms with Crippen LogP contribution in [0.15, 0.2) is 54.6 Å². The van der Waals surface area contributed by atoms with Gasteiger partial charge in [0.25, 0.3) is 0 Å². The molecule has 1 aliphatic rings. The molecule has 2 aromatic rings. The van der Waals surface area contributed by atoms with Crippen LogP contribution < -0.4 is 0 Å². The molecule has 0 bridgehead atoms. The van der Waals surface area contributed by atoms with Crippen LogP contribution in [-0.2, 0) is 29.5 Å². The summed E-state index contributed by atoms with van der Waals surface area (Å²) in [5, 5.41) is 0. The molecule has 2 aromatic carbocycles. The van der Waals surface area contributed by atoms with Crippen LogP contribution in [0.1, 0.15) is 23.6 Å². The van der Waals surface area contributed by atoms with Crippen LogP contribution in [0.4, 0.5) is 0 Å². The largest absolute Gasteiger partial charge is 0.468 e. The molecule has 0 radical (unpaired) electrons. The number of hydrogen-bond donors (Lipinski definition) is 0. The van der Waals surface area contributed by atoms with Gasteiger partial charge in [-0.1, -0.05) is 48.5 Å². The predicted molar refractivity (Wildman–Crippen MR) is 98.5 cm³/mol. The summed E-state index contributed by atoms with van der Waals surface area (Å²) in [5.74, 6) is -1.22. The maximum atomic E-state index is 12.3. The first-order valence-corrected chi connectivity index (χ1v) is 9.37. The summed E-state index contributed by atoms with van der Waals surface area (Å²) >= 11 is 1.45. The van der Waals surface area contributed by atoms with Crippen molar-refractivity contribution in [2.45, 2.75) is 17.5 Å². The first-order valence-electron chi connectivity index (χ1n) is 8.15. The fraction of sp³-hybridized carbons (Fsp3) is 0.350. The third kappa shape index (κ3) is 3.08. The summed E-state index contributed by atoms with van der Waals surface area (Å²) in [5.41, 5.74) is 2.67. The van der Waals surface area contributed by atoms with E-state index in [9.17, 15) is 4.79 Å². The van der Waals surface area contributed by atoms with Crippen molar-refractivity contribution in [2.75, 3.05) is 26.6 Å². The van der Waals surface area contributed by atoms with Crippen molar-refractivity contribution >= 4 is 17.7 Å². The first-order chi connectivity index (χ1) is 12.1. The number of carbonyl (C=O) groups is 1. The van der Waals surface area contributed by atoms with E-state index in [1.807, 2.05) is 67.8 Å². The number of benzene rings is 2. The Labute approximate surface area is 152 Å². The number of esters is 1. The molecule has 1 aliphatic heterocycles. The zero-order valence-electron chi connectivity index (χ0n) is 14.7. The number of methoxy groups -OCH3 is 1. The molecular weight excluding hydrogens is 336 g/mol. The van der Waals surface area contributed by atoms with Crippen molar-refractivity contribution < 1.29 is 19.0 Å². The van der Waals surface area contributed by atoms with Crippen LogP contribution in [0.3, 0.4) is 0 Å². The maximum Gasteiger partial charge on any atom is 0.326 e. The minimum absolute atomic E-state index is 0.279. The van der Waals surface area contributed by atoms with Crippen LogP contribution >= 0.6 is 11.8 Å². The average molecular weight is 358 g/mol. The number of thioether (sulfide) groups is 1. The molecule has 1 unspecified atom stereocenters. The third-order valence-electron chi connectivity index (χ3n) is 4.62. The third-order valence-corrected chi connectivity index (χ3v) is 5.84. The second kappa shape index (κ2) is 7.20. The Hall–Kier alpha value is -1.82. The molecule has 132 valence electrons. The summed E-state index contributed by atoms with van der Waals surface area (Å²) in [6, 6.07) is 17.7. The van der Waals surface area contributed by atoms with E-state index in [-0.39, 0.29) is 5.97 Å². The van der Waals surface area contributed by atoms with Crippen molar-refractivity contribution in [1.29, 1.82) is 0 Å². The number of hydrogen-bond acceptors (Lipinski definition) is 5. The lowest BCUT2D eigenvalue weighted by molar-refractivity contribution is -0.143. The highest BCUT2D eigenvalue weighted by Gasteiger charge is 2.42. The summed E-state index contributed by atoms with van der Waals surface area (Å²) in [6.45, 7) is 2.92. The second-order valence-corrected chi connectivity index (χ2v) is 7.21. The molecule has 1 atom stereocenters. The number of carbonyl (C=O) groups excluding carboxylic acids is 1. The van der Waals surface area contributed by atoms with E-state index in [4.69, 9.17) is 14.2 Å². The molecule has 1 heterocycles. The Balaban J connectivity index is 2.10. The van der Waals surface area contributed by atoms with E-state index in [1.54, 1.807) is 0 Å². The van der Waals surface area contributed by atoms with Gasteiger partial charge in [0.15, 0.2) is 0 Å². The van der Waals surface area contributed by atoms with Gasteiger partial charge in [-0.3, -0.25) is 4.79 Å². The Bertz CT molecular complexity index is 740. The molecule has 4 nitrogen and oxygen atoms in total. The monoisotopic (exact) mass is 358 g/mol. The van der Waals surface area contributed by atoms with Gasteiger partial charge in [0.1, 0.15) is 4.75 Å². The van der Waals surface area contributed by atoms with Crippen molar-refractivity contribution in [3.05, 3.63) is 71.3 Å². The van der Waals surface area contributed by atoms with Crippen LogP contribution in [-0.4, -0.2) is 32.5 Å². The van der Waals surface area contributed by atoms with Crippen molar-refractivity contribution in [1.82, 2.24) is 0 Å². The summed E-state index contributed by atoms with van der Waals surface area (Å²) < 4.78 is 16.3. The Kier molecular flexibility index (Phi) is 5.18. The molecule has 0 aromatic heterocycles. The molecule has 25 heavy (non-hydrogen) atoms. The molecule has 1 saturated heterocycles. The minimum atomic E-state index is -0.938. The Morgan fingerprint density at radius 2 is 1.72 bits per heavy atom. The van der Waals surface area contributed by atoms with Gasteiger partial charge in [0.05, 0.1) is 20.3 Å². The second-order valence-electron chi connectivity index (χ2n) is 5.99. The summed E-state index contributed by atoms with van der Waals surface area (Å²) in [6.07, 6.45) is 1.90. The predicted octanol–water partition coefficient (Wildman–Crippen LogP) is 3.69. The lowest BCUT2D eigenvalue weighted by Gasteiger charge is -2.31. The van der Waals surface area contributed by atoms with E-state index in [1.165, 1.54) is 18.9 Å². The molecular formula is C20H22O4S. The standard InChI is InChI=1S/C20H22O4S/c1-19(25-3,18(21)22-2)16-10-7-11-17(14-16)20(23-12-13-24-20)15-8-5-4-6-9-15/h4-11,14H,12-13H2,1-3H3. The summed E-state index contributed by atoms with van der Waals surface area (Å²) in [4.78, 5) is 12.3. The normalized spacial score (nSPS) is 18.5. The molecule has 0 N–H and O–H groups in total. The van der Waals surface area contributed by atoms with Gasteiger partial charge < -0.3 is 14.2 Å². The molecule has 0 aliphatic carbocycles. The molecule has 3 rings (SSSR count). The van der Waals surface area contributed by atoms with Crippen molar-refractivity contribution in [2.24, 2.45) is 0 Å². The molecule has 5 heteroatoms. The lowest BCUT2D eigenvalue weighted by Crippen LogP contribution is -2.32. The van der Waals surface area contributed by atoms with Crippen LogP contribution in [0, 0.1) is 0 Å². The van der Waals surface area contributed by atoms with Gasteiger partial charge in [-0.25, -0.2) is 0 Å². The van der Waals surface area contributed by atoms with Crippen LogP contribution in [0.25, 0.3) is 0 Å². The fourth-order valence-corrected chi connectivity index (χ4v) is 3.72. The Morgan fingerprint density at radius 1 is 1.08 bits per heavy atom. The topological polar surface area (TPSA) is 44.8 Å². The Morgan fingerprint density at radius 3 is 2.32 bits per heavy atom. The van der Waals surface area contributed by atoms with Gasteiger partial charge in [-0.05, 0) is 24.8 Å². The highest BCUT2D eigenvalue weighted by atomic mass is 32.2. The van der Waals surface area contributed by atoms with Gasteiger partial charge in [-0.2, -0.15) is 0 Å². The number of rotatable bonds is 5. The molecule has 1 fully saturated rings. The highest BCUT2D eigenvalue weighted by molar-refractivity contribution is 8.00. The van der Waals surface area contributed by atoms with E-state index in [0.29, 0.717) is 13.2 Å². The molecule has 0 spiro atoms. The summed E-state index contributed by atoms with van der Waals surface area (Å²) in [7, 11) is 1.41. The van der Waals surface area contributed by atoms with E-state index in [0.717, 1.165) is 16.7 Å². The number of ether oxygens (including phenoxy) is 3. The fourth-order valence-electron chi connectivity index (χ4n) is 3.10. The molecule has 0 saturated carbocycles. The molecule has 0 amide bonds. The highest BCUT2D eigenvalue weighted by Crippen LogP contribution is 2.42. The zero-order chi connectivity index (χ0) is 17.9. The first kappa shape index (κ1) is 18.0. The van der Waals surface area contributed by atoms with Crippen molar-refractivity contribution in [3.8, 4) is 0 Å². The lowest BCUT2D eigenvalue weighted by atomic mass is 9.92. The zero-order valence-corrected chi connectivity index (χ0v) is 15.5. The smallest absolute Gasteiger partial charge is 0.326 e. The van der Waals surface area contributed by atoms with E-state index >= 15 is 0 Å².